The zero-order valence-corrected chi connectivity index (χ0v) is 16.0. The van der Waals surface area contributed by atoms with E-state index in [1.165, 1.54) is 12.1 Å². The van der Waals surface area contributed by atoms with Gasteiger partial charge in [-0.15, -0.1) is 0 Å². The molecule has 0 aliphatic rings. The van der Waals surface area contributed by atoms with Crippen LogP contribution in [0, 0.1) is 6.92 Å². The highest BCUT2D eigenvalue weighted by Gasteiger charge is 2.07. The van der Waals surface area contributed by atoms with E-state index in [1.54, 1.807) is 12.1 Å². The van der Waals surface area contributed by atoms with Gasteiger partial charge >= 0.3 is 0 Å². The summed E-state index contributed by atoms with van der Waals surface area (Å²) in [5.41, 5.74) is 2.79. The van der Waals surface area contributed by atoms with E-state index in [0.29, 0.717) is 31.0 Å². The Bertz CT molecular complexity index is 868. The van der Waals surface area contributed by atoms with Crippen LogP contribution in [0.2, 0.25) is 5.02 Å². The molecule has 0 unspecified atom stereocenters. The molecule has 0 bridgehead atoms. The molecule has 26 heavy (non-hydrogen) atoms. The Morgan fingerprint density at radius 2 is 1.81 bits per heavy atom. The SMILES string of the molecule is Cc1c(Cl)cccc1NCCC(=O)NCCc1ccc(S(N)(=O)=O)cc1. The van der Waals surface area contributed by atoms with Crippen LogP contribution in [0.4, 0.5) is 5.69 Å². The van der Waals surface area contributed by atoms with Crippen molar-refractivity contribution < 1.29 is 13.2 Å². The number of rotatable bonds is 8. The van der Waals surface area contributed by atoms with Crippen molar-refractivity contribution in [2.75, 3.05) is 18.4 Å². The molecule has 0 spiro atoms. The van der Waals surface area contributed by atoms with Gasteiger partial charge in [-0.25, -0.2) is 13.6 Å². The van der Waals surface area contributed by atoms with Crippen molar-refractivity contribution in [3.63, 3.8) is 0 Å². The standard InChI is InChI=1S/C18H22ClN3O3S/c1-13-16(19)3-2-4-17(13)21-12-10-18(23)22-11-9-14-5-7-15(8-6-14)26(20,24)25/h2-8,21H,9-12H2,1H3,(H,22,23)(H2,20,24,25). The topological polar surface area (TPSA) is 101 Å². The van der Waals surface area contributed by atoms with Crippen LogP contribution in [0.5, 0.6) is 0 Å². The van der Waals surface area contributed by atoms with Crippen molar-refractivity contribution in [1.82, 2.24) is 5.32 Å². The molecular weight excluding hydrogens is 374 g/mol. The number of halogens is 1. The van der Waals surface area contributed by atoms with Crippen LogP contribution in [-0.4, -0.2) is 27.4 Å². The molecule has 140 valence electrons. The lowest BCUT2D eigenvalue weighted by Gasteiger charge is -2.11. The van der Waals surface area contributed by atoms with Gasteiger partial charge in [0, 0.05) is 30.2 Å². The van der Waals surface area contributed by atoms with Crippen LogP contribution >= 0.6 is 11.6 Å². The molecule has 0 heterocycles. The maximum absolute atomic E-state index is 11.9. The van der Waals surface area contributed by atoms with E-state index in [0.717, 1.165) is 16.8 Å². The Labute approximate surface area is 158 Å². The van der Waals surface area contributed by atoms with Crippen LogP contribution in [0.25, 0.3) is 0 Å². The average Bonchev–Trinajstić information content (AvgIpc) is 2.58. The molecule has 0 saturated heterocycles. The predicted molar refractivity (Wildman–Crippen MR) is 104 cm³/mol. The van der Waals surface area contributed by atoms with Gasteiger partial charge in [0.2, 0.25) is 15.9 Å². The molecule has 4 N–H and O–H groups in total. The molecule has 0 fully saturated rings. The number of primary sulfonamides is 1. The zero-order chi connectivity index (χ0) is 19.2. The van der Waals surface area contributed by atoms with Crippen molar-refractivity contribution in [2.45, 2.75) is 24.7 Å². The maximum atomic E-state index is 11.9. The summed E-state index contributed by atoms with van der Waals surface area (Å²) >= 11 is 6.06. The predicted octanol–water partition coefficient (Wildman–Crippen LogP) is 2.46. The summed E-state index contributed by atoms with van der Waals surface area (Å²) in [7, 11) is -3.68. The van der Waals surface area contributed by atoms with E-state index in [9.17, 15) is 13.2 Å². The summed E-state index contributed by atoms with van der Waals surface area (Å²) in [6.45, 7) is 2.91. The summed E-state index contributed by atoms with van der Waals surface area (Å²) < 4.78 is 22.4. The minimum absolute atomic E-state index is 0.0571. The highest BCUT2D eigenvalue weighted by molar-refractivity contribution is 7.89. The molecule has 0 atom stereocenters. The number of nitrogens with one attached hydrogen (secondary N) is 2. The Hall–Kier alpha value is -2.09. The fourth-order valence-electron chi connectivity index (χ4n) is 2.39. The van der Waals surface area contributed by atoms with E-state index < -0.39 is 10.0 Å². The Morgan fingerprint density at radius 3 is 2.46 bits per heavy atom. The minimum atomic E-state index is -3.68. The van der Waals surface area contributed by atoms with Gasteiger partial charge in [0.15, 0.2) is 0 Å². The third kappa shape index (κ3) is 6.01. The van der Waals surface area contributed by atoms with Gasteiger partial charge in [-0.3, -0.25) is 4.79 Å². The van der Waals surface area contributed by atoms with Crippen LogP contribution in [0.3, 0.4) is 0 Å². The highest BCUT2D eigenvalue weighted by atomic mass is 35.5. The number of carbonyl (C=O) groups excluding carboxylic acids is 1. The van der Waals surface area contributed by atoms with Crippen LogP contribution in [0.1, 0.15) is 17.5 Å². The van der Waals surface area contributed by atoms with Crippen molar-refractivity contribution in [1.29, 1.82) is 0 Å². The first-order valence-corrected chi connectivity index (χ1v) is 10.1. The Morgan fingerprint density at radius 1 is 1.12 bits per heavy atom. The number of hydrogen-bond donors (Lipinski definition) is 3. The molecule has 0 saturated carbocycles. The normalized spacial score (nSPS) is 11.2. The smallest absolute Gasteiger partial charge is 0.238 e. The van der Waals surface area contributed by atoms with Crippen LogP contribution < -0.4 is 15.8 Å². The van der Waals surface area contributed by atoms with Gasteiger partial charge in [0.25, 0.3) is 0 Å². The monoisotopic (exact) mass is 395 g/mol. The van der Waals surface area contributed by atoms with Gasteiger partial charge in [-0.05, 0) is 48.7 Å². The van der Waals surface area contributed by atoms with Gasteiger partial charge in [-0.1, -0.05) is 29.8 Å². The Kier molecular flexibility index (Phi) is 7.02. The largest absolute Gasteiger partial charge is 0.384 e. The molecular formula is C18H22ClN3O3S. The first-order valence-electron chi connectivity index (χ1n) is 8.15. The summed E-state index contributed by atoms with van der Waals surface area (Å²) in [5, 5.41) is 11.8. The maximum Gasteiger partial charge on any atom is 0.238 e. The molecule has 0 radical (unpaired) electrons. The van der Waals surface area contributed by atoms with E-state index in [-0.39, 0.29) is 10.8 Å². The van der Waals surface area contributed by atoms with Gasteiger partial charge < -0.3 is 10.6 Å². The number of amides is 1. The van der Waals surface area contributed by atoms with Gasteiger partial charge in [-0.2, -0.15) is 0 Å². The van der Waals surface area contributed by atoms with Crippen molar-refractivity contribution in [3.8, 4) is 0 Å². The lowest BCUT2D eigenvalue weighted by Crippen LogP contribution is -2.27. The lowest BCUT2D eigenvalue weighted by atomic mass is 10.1. The molecule has 1 amide bonds. The second-order valence-corrected chi connectivity index (χ2v) is 7.85. The molecule has 6 nitrogen and oxygen atoms in total. The average molecular weight is 396 g/mol. The fraction of sp³-hybridized carbons (Fsp3) is 0.278. The van der Waals surface area contributed by atoms with E-state index in [2.05, 4.69) is 10.6 Å². The molecule has 0 aliphatic heterocycles. The van der Waals surface area contributed by atoms with E-state index in [4.69, 9.17) is 16.7 Å². The number of sulfonamides is 1. The third-order valence-electron chi connectivity index (χ3n) is 3.92. The summed E-state index contributed by atoms with van der Waals surface area (Å²) in [5.74, 6) is -0.0571. The van der Waals surface area contributed by atoms with Crippen molar-refractivity contribution in [2.24, 2.45) is 5.14 Å². The summed E-state index contributed by atoms with van der Waals surface area (Å²) in [6, 6.07) is 11.9. The first-order chi connectivity index (χ1) is 12.3. The lowest BCUT2D eigenvalue weighted by molar-refractivity contribution is -0.120. The number of benzene rings is 2. The second kappa shape index (κ2) is 9.02. The van der Waals surface area contributed by atoms with Crippen molar-refractivity contribution >= 4 is 33.2 Å². The molecule has 2 rings (SSSR count). The van der Waals surface area contributed by atoms with Crippen molar-refractivity contribution in [3.05, 3.63) is 58.6 Å². The third-order valence-corrected chi connectivity index (χ3v) is 5.26. The fourth-order valence-corrected chi connectivity index (χ4v) is 3.08. The van der Waals surface area contributed by atoms with Crippen LogP contribution in [-0.2, 0) is 21.2 Å². The van der Waals surface area contributed by atoms with E-state index in [1.807, 2.05) is 25.1 Å². The molecule has 0 aromatic heterocycles. The number of hydrogen-bond acceptors (Lipinski definition) is 4. The zero-order valence-electron chi connectivity index (χ0n) is 14.5. The van der Waals surface area contributed by atoms with E-state index >= 15 is 0 Å². The quantitative estimate of drug-likeness (QED) is 0.639. The minimum Gasteiger partial charge on any atom is -0.384 e. The molecule has 0 aliphatic carbocycles. The Balaban J connectivity index is 1.71. The second-order valence-electron chi connectivity index (χ2n) is 5.88. The number of carbonyl (C=O) groups is 1. The number of nitrogens with two attached hydrogens (primary N) is 1. The summed E-state index contributed by atoms with van der Waals surface area (Å²) in [4.78, 5) is 12.0. The molecule has 2 aromatic carbocycles. The molecule has 2 aromatic rings. The first kappa shape index (κ1) is 20.2. The highest BCUT2D eigenvalue weighted by Crippen LogP contribution is 2.22. The van der Waals surface area contributed by atoms with Gasteiger partial charge in [0.1, 0.15) is 0 Å². The summed E-state index contributed by atoms with van der Waals surface area (Å²) in [6.07, 6.45) is 0.952. The van der Waals surface area contributed by atoms with Gasteiger partial charge in [0.05, 0.1) is 4.90 Å². The number of anilines is 1. The van der Waals surface area contributed by atoms with Crippen LogP contribution in [0.15, 0.2) is 47.4 Å². The molecule has 8 heteroatoms.